The van der Waals surface area contributed by atoms with E-state index in [0.717, 1.165) is 11.1 Å². The Morgan fingerprint density at radius 2 is 2.18 bits per heavy atom. The van der Waals surface area contributed by atoms with Crippen LogP contribution in [0, 0.1) is 0 Å². The Bertz CT molecular complexity index is 494. The molecular formula is C13H12ClNO2. The first kappa shape index (κ1) is 11.7. The summed E-state index contributed by atoms with van der Waals surface area (Å²) in [6.45, 7) is 0.459. The summed E-state index contributed by atoms with van der Waals surface area (Å²) in [6.07, 6.45) is 3.19. The van der Waals surface area contributed by atoms with Crippen molar-refractivity contribution >= 4 is 17.5 Å². The zero-order valence-corrected chi connectivity index (χ0v) is 9.91. The van der Waals surface area contributed by atoms with Gasteiger partial charge in [-0.05, 0) is 23.8 Å². The molecule has 0 unspecified atom stereocenters. The van der Waals surface area contributed by atoms with Gasteiger partial charge in [0, 0.05) is 23.6 Å². The van der Waals surface area contributed by atoms with Crippen LogP contribution in [0.25, 0.3) is 0 Å². The van der Waals surface area contributed by atoms with Crippen LogP contribution in [0.15, 0.2) is 47.3 Å². The number of alkyl halides is 1. The molecule has 4 heteroatoms. The van der Waals surface area contributed by atoms with E-state index in [1.54, 1.807) is 24.7 Å². The minimum absolute atomic E-state index is 0.113. The highest BCUT2D eigenvalue weighted by Gasteiger charge is 2.05. The van der Waals surface area contributed by atoms with Crippen molar-refractivity contribution in [2.24, 2.45) is 0 Å². The van der Waals surface area contributed by atoms with Crippen molar-refractivity contribution in [1.82, 2.24) is 5.32 Å². The zero-order chi connectivity index (χ0) is 12.1. The number of halogens is 1. The largest absolute Gasteiger partial charge is 0.472 e. The predicted molar refractivity (Wildman–Crippen MR) is 65.9 cm³/mol. The number of rotatable bonds is 4. The summed E-state index contributed by atoms with van der Waals surface area (Å²) in [6, 6.07) is 9.08. The molecule has 1 aromatic heterocycles. The molecule has 0 radical (unpaired) electrons. The molecule has 0 bridgehead atoms. The van der Waals surface area contributed by atoms with E-state index in [1.165, 1.54) is 0 Å². The van der Waals surface area contributed by atoms with Gasteiger partial charge in [-0.1, -0.05) is 12.1 Å². The maximum absolute atomic E-state index is 11.8. The number of carbonyl (C=O) groups is 1. The SMILES string of the molecule is O=C(NCc1ccoc1)c1cccc(CCl)c1. The van der Waals surface area contributed by atoms with Crippen LogP contribution in [0.5, 0.6) is 0 Å². The van der Waals surface area contributed by atoms with E-state index in [0.29, 0.717) is 18.0 Å². The molecule has 2 rings (SSSR count). The lowest BCUT2D eigenvalue weighted by molar-refractivity contribution is 0.0951. The van der Waals surface area contributed by atoms with Gasteiger partial charge in [0.25, 0.3) is 5.91 Å². The first-order valence-corrected chi connectivity index (χ1v) is 5.77. The van der Waals surface area contributed by atoms with E-state index in [9.17, 15) is 4.79 Å². The Balaban J connectivity index is 1.99. The fourth-order valence-corrected chi connectivity index (χ4v) is 1.64. The van der Waals surface area contributed by atoms with Gasteiger partial charge < -0.3 is 9.73 Å². The Morgan fingerprint density at radius 1 is 1.29 bits per heavy atom. The van der Waals surface area contributed by atoms with Crippen molar-refractivity contribution in [3.8, 4) is 0 Å². The van der Waals surface area contributed by atoms with Crippen LogP contribution in [0.4, 0.5) is 0 Å². The Hall–Kier alpha value is -1.74. The van der Waals surface area contributed by atoms with Gasteiger partial charge in [-0.15, -0.1) is 11.6 Å². The molecule has 3 nitrogen and oxygen atoms in total. The minimum Gasteiger partial charge on any atom is -0.472 e. The minimum atomic E-state index is -0.113. The van der Waals surface area contributed by atoms with E-state index in [4.69, 9.17) is 16.0 Å². The van der Waals surface area contributed by atoms with E-state index in [-0.39, 0.29) is 5.91 Å². The highest BCUT2D eigenvalue weighted by Crippen LogP contribution is 2.08. The lowest BCUT2D eigenvalue weighted by Crippen LogP contribution is -2.22. The van der Waals surface area contributed by atoms with Gasteiger partial charge in [-0.3, -0.25) is 4.79 Å². The first-order chi connectivity index (χ1) is 8.29. The molecule has 0 aliphatic heterocycles. The van der Waals surface area contributed by atoms with Crippen molar-refractivity contribution in [2.45, 2.75) is 12.4 Å². The second-order valence-corrected chi connectivity index (χ2v) is 3.92. The van der Waals surface area contributed by atoms with E-state index >= 15 is 0 Å². The average molecular weight is 250 g/mol. The maximum atomic E-state index is 11.8. The number of benzene rings is 1. The second kappa shape index (κ2) is 5.55. The average Bonchev–Trinajstić information content (AvgIpc) is 2.89. The van der Waals surface area contributed by atoms with Crippen LogP contribution in [-0.2, 0) is 12.4 Å². The number of hydrogen-bond donors (Lipinski definition) is 1. The normalized spacial score (nSPS) is 10.2. The van der Waals surface area contributed by atoms with Crippen LogP contribution in [-0.4, -0.2) is 5.91 Å². The molecule has 88 valence electrons. The fourth-order valence-electron chi connectivity index (χ4n) is 1.47. The van der Waals surface area contributed by atoms with Gasteiger partial charge in [-0.2, -0.15) is 0 Å². The van der Waals surface area contributed by atoms with Gasteiger partial charge >= 0.3 is 0 Å². The van der Waals surface area contributed by atoms with Crippen LogP contribution in [0.1, 0.15) is 21.5 Å². The van der Waals surface area contributed by atoms with Crippen molar-refractivity contribution in [2.75, 3.05) is 0 Å². The van der Waals surface area contributed by atoms with Crippen molar-refractivity contribution in [1.29, 1.82) is 0 Å². The van der Waals surface area contributed by atoms with Crippen molar-refractivity contribution in [3.05, 3.63) is 59.5 Å². The predicted octanol–water partition coefficient (Wildman–Crippen LogP) is 2.95. The molecule has 0 fully saturated rings. The summed E-state index contributed by atoms with van der Waals surface area (Å²) in [5.41, 5.74) is 2.49. The first-order valence-electron chi connectivity index (χ1n) is 5.24. The molecular weight excluding hydrogens is 238 g/mol. The number of amides is 1. The lowest BCUT2D eigenvalue weighted by atomic mass is 10.1. The molecule has 0 atom stereocenters. The van der Waals surface area contributed by atoms with Gasteiger partial charge in [0.2, 0.25) is 0 Å². The summed E-state index contributed by atoms with van der Waals surface area (Å²) < 4.78 is 4.92. The third-order valence-corrected chi connectivity index (χ3v) is 2.69. The Morgan fingerprint density at radius 3 is 2.88 bits per heavy atom. The van der Waals surface area contributed by atoms with Crippen LogP contribution in [0.3, 0.4) is 0 Å². The fraction of sp³-hybridized carbons (Fsp3) is 0.154. The molecule has 1 heterocycles. The van der Waals surface area contributed by atoms with E-state index in [1.807, 2.05) is 18.2 Å². The highest BCUT2D eigenvalue weighted by atomic mass is 35.5. The van der Waals surface area contributed by atoms with Crippen LogP contribution < -0.4 is 5.32 Å². The summed E-state index contributed by atoms with van der Waals surface area (Å²) >= 11 is 5.72. The van der Waals surface area contributed by atoms with Gasteiger partial charge in [0.1, 0.15) is 0 Å². The van der Waals surface area contributed by atoms with Crippen LogP contribution >= 0.6 is 11.6 Å². The summed E-state index contributed by atoms with van der Waals surface area (Å²) in [7, 11) is 0. The van der Waals surface area contributed by atoms with Gasteiger partial charge in [0.15, 0.2) is 0 Å². The van der Waals surface area contributed by atoms with E-state index < -0.39 is 0 Å². The topological polar surface area (TPSA) is 42.2 Å². The summed E-state index contributed by atoms with van der Waals surface area (Å²) in [5, 5.41) is 2.81. The molecule has 0 aliphatic carbocycles. The molecule has 0 aliphatic rings. The number of carbonyl (C=O) groups excluding carboxylic acids is 1. The smallest absolute Gasteiger partial charge is 0.251 e. The molecule has 0 saturated heterocycles. The van der Waals surface area contributed by atoms with Gasteiger partial charge in [0.05, 0.1) is 12.5 Å². The van der Waals surface area contributed by atoms with Gasteiger partial charge in [-0.25, -0.2) is 0 Å². The molecule has 0 spiro atoms. The lowest BCUT2D eigenvalue weighted by Gasteiger charge is -2.04. The molecule has 17 heavy (non-hydrogen) atoms. The third-order valence-electron chi connectivity index (χ3n) is 2.38. The summed E-state index contributed by atoms with van der Waals surface area (Å²) in [4.78, 5) is 11.8. The third kappa shape index (κ3) is 3.11. The Kier molecular flexibility index (Phi) is 3.83. The standard InChI is InChI=1S/C13H12ClNO2/c14-7-10-2-1-3-12(6-10)13(16)15-8-11-4-5-17-9-11/h1-6,9H,7-8H2,(H,15,16). The molecule has 1 amide bonds. The molecule has 2 aromatic rings. The highest BCUT2D eigenvalue weighted by molar-refractivity contribution is 6.17. The monoisotopic (exact) mass is 249 g/mol. The van der Waals surface area contributed by atoms with Crippen LogP contribution in [0.2, 0.25) is 0 Å². The quantitative estimate of drug-likeness (QED) is 0.847. The summed E-state index contributed by atoms with van der Waals surface area (Å²) in [5.74, 6) is 0.293. The second-order valence-electron chi connectivity index (χ2n) is 3.65. The Labute approximate surface area is 104 Å². The van der Waals surface area contributed by atoms with Crippen molar-refractivity contribution < 1.29 is 9.21 Å². The number of furan rings is 1. The molecule has 0 saturated carbocycles. The maximum Gasteiger partial charge on any atom is 0.251 e. The number of nitrogens with one attached hydrogen (secondary N) is 1. The molecule has 1 N–H and O–H groups in total. The van der Waals surface area contributed by atoms with E-state index in [2.05, 4.69) is 5.32 Å². The zero-order valence-electron chi connectivity index (χ0n) is 9.15. The van der Waals surface area contributed by atoms with Crippen molar-refractivity contribution in [3.63, 3.8) is 0 Å². The molecule has 1 aromatic carbocycles. The number of hydrogen-bond acceptors (Lipinski definition) is 2.